The summed E-state index contributed by atoms with van der Waals surface area (Å²) in [5.74, 6) is 0.532. The van der Waals surface area contributed by atoms with Crippen LogP contribution < -0.4 is 5.73 Å². The van der Waals surface area contributed by atoms with Crippen LogP contribution in [0.5, 0.6) is 0 Å². The maximum absolute atomic E-state index is 13.2. The number of aromatic nitrogens is 2. The molecule has 5 heteroatoms. The van der Waals surface area contributed by atoms with Gasteiger partial charge in [-0.3, -0.25) is 0 Å². The van der Waals surface area contributed by atoms with Gasteiger partial charge in [0.1, 0.15) is 11.6 Å². The quantitative estimate of drug-likeness (QED) is 0.767. The van der Waals surface area contributed by atoms with Crippen LogP contribution in [0, 0.1) is 5.82 Å². The molecule has 0 fully saturated rings. The zero-order valence-corrected chi connectivity index (χ0v) is 10.7. The summed E-state index contributed by atoms with van der Waals surface area (Å²) in [4.78, 5) is 4.50. The first-order valence-corrected chi connectivity index (χ1v) is 6.57. The minimum Gasteiger partial charge on any atom is -0.390 e. The van der Waals surface area contributed by atoms with Crippen LogP contribution in [0.15, 0.2) is 29.6 Å². The van der Waals surface area contributed by atoms with Gasteiger partial charge in [-0.25, -0.2) is 9.37 Å². The molecule has 18 heavy (non-hydrogen) atoms. The van der Waals surface area contributed by atoms with Crippen molar-refractivity contribution in [3.63, 3.8) is 0 Å². The highest BCUT2D eigenvalue weighted by Crippen LogP contribution is 2.32. The Hall–Kier alpha value is -1.88. The zero-order chi connectivity index (χ0) is 12.7. The highest BCUT2D eigenvalue weighted by molar-refractivity contribution is 7.14. The summed E-state index contributed by atoms with van der Waals surface area (Å²) in [6, 6.07) is 6.61. The molecule has 0 spiro atoms. The Morgan fingerprint density at radius 2 is 2.22 bits per heavy atom. The number of benzene rings is 1. The average Bonchev–Trinajstić information content (AvgIpc) is 2.91. The second-order valence-electron chi connectivity index (χ2n) is 4.01. The number of rotatable bonds is 2. The standard InChI is InChI=1S/C13H12FN3S/c1-2-17-11-4-3-8(14)7-10(11)16-13(17)9-5-6-18-12(9)15/h3-7H,2,15H2,1H3. The lowest BCUT2D eigenvalue weighted by molar-refractivity contribution is 0.629. The highest BCUT2D eigenvalue weighted by atomic mass is 32.1. The van der Waals surface area contributed by atoms with E-state index >= 15 is 0 Å². The first-order valence-electron chi connectivity index (χ1n) is 5.70. The van der Waals surface area contributed by atoms with E-state index in [1.807, 2.05) is 22.9 Å². The van der Waals surface area contributed by atoms with Gasteiger partial charge in [0.05, 0.1) is 21.6 Å². The number of fused-ring (bicyclic) bond motifs is 1. The number of aryl methyl sites for hydroxylation is 1. The molecule has 0 atom stereocenters. The van der Waals surface area contributed by atoms with Crippen LogP contribution in [0.25, 0.3) is 22.4 Å². The van der Waals surface area contributed by atoms with Crippen molar-refractivity contribution in [2.75, 3.05) is 5.73 Å². The number of thiophene rings is 1. The molecule has 3 rings (SSSR count). The Morgan fingerprint density at radius 1 is 1.39 bits per heavy atom. The van der Waals surface area contributed by atoms with Crippen molar-refractivity contribution in [1.82, 2.24) is 9.55 Å². The van der Waals surface area contributed by atoms with E-state index in [9.17, 15) is 4.39 Å². The number of anilines is 1. The monoisotopic (exact) mass is 261 g/mol. The molecule has 0 saturated heterocycles. The minimum atomic E-state index is -0.270. The average molecular weight is 261 g/mol. The molecule has 2 heterocycles. The molecular weight excluding hydrogens is 249 g/mol. The topological polar surface area (TPSA) is 43.8 Å². The van der Waals surface area contributed by atoms with E-state index in [0.29, 0.717) is 5.52 Å². The molecule has 3 aromatic rings. The van der Waals surface area contributed by atoms with E-state index in [-0.39, 0.29) is 5.82 Å². The second-order valence-corrected chi connectivity index (χ2v) is 4.96. The van der Waals surface area contributed by atoms with Gasteiger partial charge < -0.3 is 10.3 Å². The number of nitrogen functional groups attached to an aromatic ring is 1. The van der Waals surface area contributed by atoms with Crippen LogP contribution in [-0.2, 0) is 6.54 Å². The number of hydrogen-bond acceptors (Lipinski definition) is 3. The molecule has 0 aliphatic carbocycles. The SMILES string of the molecule is CCn1c(-c2ccsc2N)nc2cc(F)ccc21. The number of halogens is 1. The first-order chi connectivity index (χ1) is 8.70. The molecular formula is C13H12FN3S. The third-order valence-electron chi connectivity index (χ3n) is 2.96. The summed E-state index contributed by atoms with van der Waals surface area (Å²) < 4.78 is 15.3. The highest BCUT2D eigenvalue weighted by Gasteiger charge is 2.14. The van der Waals surface area contributed by atoms with Crippen LogP contribution in [0.1, 0.15) is 6.92 Å². The van der Waals surface area contributed by atoms with Gasteiger partial charge >= 0.3 is 0 Å². The van der Waals surface area contributed by atoms with E-state index in [1.54, 1.807) is 6.07 Å². The van der Waals surface area contributed by atoms with Crippen molar-refractivity contribution in [2.45, 2.75) is 13.5 Å². The molecule has 0 aliphatic heterocycles. The summed E-state index contributed by atoms with van der Waals surface area (Å²) in [5, 5.41) is 2.67. The molecule has 0 amide bonds. The van der Waals surface area contributed by atoms with Crippen molar-refractivity contribution in [1.29, 1.82) is 0 Å². The van der Waals surface area contributed by atoms with Crippen molar-refractivity contribution >= 4 is 27.4 Å². The predicted octanol–water partition coefficient (Wildman–Crippen LogP) is 3.51. The third kappa shape index (κ3) is 1.59. The van der Waals surface area contributed by atoms with Crippen LogP contribution in [0.3, 0.4) is 0 Å². The Labute approximate surface area is 108 Å². The van der Waals surface area contributed by atoms with E-state index in [1.165, 1.54) is 23.5 Å². The van der Waals surface area contributed by atoms with Crippen molar-refractivity contribution in [2.24, 2.45) is 0 Å². The maximum Gasteiger partial charge on any atom is 0.144 e. The molecule has 0 unspecified atom stereocenters. The smallest absolute Gasteiger partial charge is 0.144 e. The lowest BCUT2D eigenvalue weighted by Gasteiger charge is -2.05. The second kappa shape index (κ2) is 4.10. The number of imidazole rings is 1. The lowest BCUT2D eigenvalue weighted by Crippen LogP contribution is -1.98. The molecule has 2 aromatic heterocycles. The Bertz CT molecular complexity index is 714. The fourth-order valence-corrected chi connectivity index (χ4v) is 2.77. The summed E-state index contributed by atoms with van der Waals surface area (Å²) in [6.45, 7) is 2.81. The van der Waals surface area contributed by atoms with Gasteiger partial charge in [0, 0.05) is 12.6 Å². The summed E-state index contributed by atoms with van der Waals surface area (Å²) in [5.41, 5.74) is 8.45. The Kier molecular flexibility index (Phi) is 2.56. The van der Waals surface area contributed by atoms with Gasteiger partial charge in [-0.15, -0.1) is 11.3 Å². The number of hydrogen-bond donors (Lipinski definition) is 1. The maximum atomic E-state index is 13.2. The molecule has 3 nitrogen and oxygen atoms in total. The number of nitrogens with two attached hydrogens (primary N) is 1. The van der Waals surface area contributed by atoms with Gasteiger partial charge in [0.25, 0.3) is 0 Å². The molecule has 2 N–H and O–H groups in total. The lowest BCUT2D eigenvalue weighted by atomic mass is 10.3. The summed E-state index contributed by atoms with van der Waals surface area (Å²) >= 11 is 1.48. The molecule has 0 radical (unpaired) electrons. The van der Waals surface area contributed by atoms with Gasteiger partial charge in [-0.1, -0.05) is 0 Å². The van der Waals surface area contributed by atoms with Gasteiger partial charge in [-0.05, 0) is 30.5 Å². The van der Waals surface area contributed by atoms with Gasteiger partial charge in [-0.2, -0.15) is 0 Å². The van der Waals surface area contributed by atoms with Crippen molar-refractivity contribution in [3.05, 3.63) is 35.5 Å². The third-order valence-corrected chi connectivity index (χ3v) is 3.71. The van der Waals surface area contributed by atoms with Crippen molar-refractivity contribution < 1.29 is 4.39 Å². The van der Waals surface area contributed by atoms with E-state index in [0.717, 1.165) is 28.5 Å². The fraction of sp³-hybridized carbons (Fsp3) is 0.154. The van der Waals surface area contributed by atoms with Crippen LogP contribution in [0.2, 0.25) is 0 Å². The van der Waals surface area contributed by atoms with E-state index in [4.69, 9.17) is 5.73 Å². The first kappa shape index (κ1) is 11.2. The zero-order valence-electron chi connectivity index (χ0n) is 9.85. The fourth-order valence-electron chi connectivity index (χ4n) is 2.13. The van der Waals surface area contributed by atoms with Gasteiger partial charge in [0.2, 0.25) is 0 Å². The predicted molar refractivity (Wildman–Crippen MR) is 73.1 cm³/mol. The largest absolute Gasteiger partial charge is 0.390 e. The summed E-state index contributed by atoms with van der Waals surface area (Å²) in [7, 11) is 0. The van der Waals surface area contributed by atoms with Crippen LogP contribution in [0.4, 0.5) is 9.39 Å². The van der Waals surface area contributed by atoms with Crippen molar-refractivity contribution in [3.8, 4) is 11.4 Å². The molecule has 0 aliphatic rings. The van der Waals surface area contributed by atoms with Crippen LogP contribution >= 0.6 is 11.3 Å². The Morgan fingerprint density at radius 3 is 2.89 bits per heavy atom. The normalized spacial score (nSPS) is 11.2. The van der Waals surface area contributed by atoms with Crippen LogP contribution in [-0.4, -0.2) is 9.55 Å². The molecule has 0 saturated carbocycles. The summed E-state index contributed by atoms with van der Waals surface area (Å²) in [6.07, 6.45) is 0. The Balaban J connectivity index is 2.32. The molecule has 92 valence electrons. The van der Waals surface area contributed by atoms with E-state index < -0.39 is 0 Å². The minimum absolute atomic E-state index is 0.270. The van der Waals surface area contributed by atoms with E-state index in [2.05, 4.69) is 4.98 Å². The molecule has 1 aromatic carbocycles. The van der Waals surface area contributed by atoms with Gasteiger partial charge in [0.15, 0.2) is 0 Å². The molecule has 0 bridgehead atoms. The number of nitrogens with zero attached hydrogens (tertiary/aromatic N) is 2.